The highest BCUT2D eigenvalue weighted by molar-refractivity contribution is 6.01. The minimum atomic E-state index is -0.886. The third kappa shape index (κ3) is 6.06. The smallest absolute Gasteiger partial charge is 0.306 e. The van der Waals surface area contributed by atoms with Crippen LogP contribution in [0, 0.1) is 0 Å². The van der Waals surface area contributed by atoms with Crippen molar-refractivity contribution in [2.24, 2.45) is 5.73 Å². The minimum absolute atomic E-state index is 0.000994. The van der Waals surface area contributed by atoms with E-state index in [1.165, 1.54) is 4.90 Å². The number of hydrogen-bond acceptors (Lipinski definition) is 5. The standard InChI is InChI=1S/C26H31N3O4/c1-5-6-7-17-8-11-21(28-15-17)18-9-10-20-19(14-18)16-29(25(20)32)22(24(27)31)12-13-23(30)33-26(2,3)4/h6-11,14-15,22H,5,12-13,16H2,1-4H3,(H2,27,31)/b7-6+. The number of carbonyl (C=O) groups excluding carboxylic acids is 3. The first-order valence-electron chi connectivity index (χ1n) is 11.2. The van der Waals surface area contributed by atoms with E-state index in [1.807, 2.05) is 36.5 Å². The Morgan fingerprint density at radius 1 is 1.24 bits per heavy atom. The second-order valence-corrected chi connectivity index (χ2v) is 9.14. The van der Waals surface area contributed by atoms with Crippen LogP contribution in [-0.2, 0) is 20.9 Å². The summed E-state index contributed by atoms with van der Waals surface area (Å²) in [6, 6.07) is 8.58. The number of ether oxygens (including phenoxy) is 1. The predicted octanol–water partition coefficient (Wildman–Crippen LogP) is 4.10. The molecule has 1 aromatic carbocycles. The minimum Gasteiger partial charge on any atom is -0.460 e. The number of benzene rings is 1. The van der Waals surface area contributed by atoms with Crippen LogP contribution in [0.4, 0.5) is 0 Å². The molecule has 2 N–H and O–H groups in total. The Bertz CT molecular complexity index is 1070. The monoisotopic (exact) mass is 449 g/mol. The SMILES string of the molecule is CC/C=C/c1ccc(-c2ccc3c(c2)CN(C(CCC(=O)OC(C)(C)C)C(N)=O)C3=O)nc1. The first kappa shape index (κ1) is 24.2. The number of fused-ring (bicyclic) bond motifs is 1. The molecule has 1 unspecified atom stereocenters. The summed E-state index contributed by atoms with van der Waals surface area (Å²) >= 11 is 0. The average molecular weight is 450 g/mol. The second kappa shape index (κ2) is 9.98. The van der Waals surface area contributed by atoms with E-state index in [2.05, 4.69) is 18.0 Å². The van der Waals surface area contributed by atoms with Gasteiger partial charge >= 0.3 is 5.97 Å². The number of rotatable bonds is 8. The van der Waals surface area contributed by atoms with Gasteiger partial charge in [0.05, 0.1) is 5.69 Å². The topological polar surface area (TPSA) is 103 Å². The van der Waals surface area contributed by atoms with Gasteiger partial charge in [0.25, 0.3) is 5.91 Å². The van der Waals surface area contributed by atoms with Gasteiger partial charge in [-0.15, -0.1) is 0 Å². The average Bonchev–Trinajstić information content (AvgIpc) is 3.07. The second-order valence-electron chi connectivity index (χ2n) is 9.14. The molecular weight excluding hydrogens is 418 g/mol. The van der Waals surface area contributed by atoms with Gasteiger partial charge in [-0.1, -0.05) is 31.2 Å². The molecule has 1 aliphatic rings. The molecule has 2 aromatic rings. The summed E-state index contributed by atoms with van der Waals surface area (Å²) in [5.41, 5.74) is 9.03. The molecule has 3 rings (SSSR count). The number of nitrogens with two attached hydrogens (primary N) is 1. The van der Waals surface area contributed by atoms with Crippen LogP contribution in [0.25, 0.3) is 17.3 Å². The van der Waals surface area contributed by atoms with E-state index in [0.717, 1.165) is 28.8 Å². The van der Waals surface area contributed by atoms with Crippen molar-refractivity contribution in [2.45, 2.75) is 65.1 Å². The van der Waals surface area contributed by atoms with Crippen LogP contribution in [0.3, 0.4) is 0 Å². The number of primary amides is 1. The maximum atomic E-state index is 13.0. The third-order valence-electron chi connectivity index (χ3n) is 5.31. The Labute approximate surface area is 194 Å². The van der Waals surface area contributed by atoms with E-state index in [9.17, 15) is 14.4 Å². The fourth-order valence-corrected chi connectivity index (χ4v) is 3.78. The zero-order chi connectivity index (χ0) is 24.2. The normalized spacial score (nSPS) is 14.4. The Hall–Kier alpha value is -3.48. The van der Waals surface area contributed by atoms with Crippen LogP contribution >= 0.6 is 0 Å². The number of nitrogens with zero attached hydrogens (tertiary/aromatic N) is 2. The van der Waals surface area contributed by atoms with Crippen molar-refractivity contribution in [3.05, 3.63) is 59.3 Å². The van der Waals surface area contributed by atoms with Crippen LogP contribution in [-0.4, -0.2) is 39.3 Å². The van der Waals surface area contributed by atoms with Gasteiger partial charge in [-0.3, -0.25) is 19.4 Å². The fourth-order valence-electron chi connectivity index (χ4n) is 3.78. The maximum absolute atomic E-state index is 13.0. The van der Waals surface area contributed by atoms with Crippen molar-refractivity contribution < 1.29 is 19.1 Å². The summed E-state index contributed by atoms with van der Waals surface area (Å²) in [7, 11) is 0. The number of allylic oxidation sites excluding steroid dienone is 1. The molecule has 0 saturated heterocycles. The largest absolute Gasteiger partial charge is 0.460 e. The summed E-state index contributed by atoms with van der Waals surface area (Å²) in [6.07, 6.45) is 6.98. The molecule has 0 bridgehead atoms. The molecule has 7 nitrogen and oxygen atoms in total. The van der Waals surface area contributed by atoms with Crippen molar-refractivity contribution in [2.75, 3.05) is 0 Å². The van der Waals surface area contributed by atoms with Crippen LogP contribution in [0.15, 0.2) is 42.6 Å². The zero-order valence-electron chi connectivity index (χ0n) is 19.6. The number of aromatic nitrogens is 1. The van der Waals surface area contributed by atoms with Crippen LogP contribution < -0.4 is 5.73 Å². The van der Waals surface area contributed by atoms with Crippen molar-refractivity contribution in [1.29, 1.82) is 0 Å². The van der Waals surface area contributed by atoms with Gasteiger partial charge in [-0.05, 0) is 62.9 Å². The Balaban J connectivity index is 1.75. The first-order chi connectivity index (χ1) is 15.6. The van der Waals surface area contributed by atoms with Gasteiger partial charge < -0.3 is 15.4 Å². The Morgan fingerprint density at radius 2 is 2.00 bits per heavy atom. The number of esters is 1. The molecule has 7 heteroatoms. The number of pyridine rings is 1. The number of hydrogen-bond donors (Lipinski definition) is 1. The van der Waals surface area contributed by atoms with Crippen molar-refractivity contribution in [1.82, 2.24) is 9.88 Å². The van der Waals surface area contributed by atoms with E-state index in [1.54, 1.807) is 26.8 Å². The van der Waals surface area contributed by atoms with E-state index >= 15 is 0 Å². The molecule has 33 heavy (non-hydrogen) atoms. The first-order valence-corrected chi connectivity index (χ1v) is 11.2. The van der Waals surface area contributed by atoms with Gasteiger partial charge in [0, 0.05) is 30.3 Å². The summed E-state index contributed by atoms with van der Waals surface area (Å²) < 4.78 is 5.31. The molecule has 2 amide bonds. The van der Waals surface area contributed by atoms with E-state index in [4.69, 9.17) is 10.5 Å². The molecule has 0 spiro atoms. The van der Waals surface area contributed by atoms with Crippen LogP contribution in [0.2, 0.25) is 0 Å². The van der Waals surface area contributed by atoms with Gasteiger partial charge in [-0.2, -0.15) is 0 Å². The highest BCUT2D eigenvalue weighted by Gasteiger charge is 2.36. The number of amides is 2. The van der Waals surface area contributed by atoms with E-state index in [-0.39, 0.29) is 25.3 Å². The van der Waals surface area contributed by atoms with Gasteiger partial charge in [0.15, 0.2) is 0 Å². The quantitative estimate of drug-likeness (QED) is 0.611. The highest BCUT2D eigenvalue weighted by Crippen LogP contribution is 2.30. The lowest BCUT2D eigenvalue weighted by molar-refractivity contribution is -0.155. The predicted molar refractivity (Wildman–Crippen MR) is 127 cm³/mol. The summed E-state index contributed by atoms with van der Waals surface area (Å²) in [5.74, 6) is -1.33. The lowest BCUT2D eigenvalue weighted by atomic mass is 10.0. The summed E-state index contributed by atoms with van der Waals surface area (Å²) in [4.78, 5) is 43.2. The Morgan fingerprint density at radius 3 is 2.61 bits per heavy atom. The van der Waals surface area contributed by atoms with Gasteiger partial charge in [-0.25, -0.2) is 0 Å². The van der Waals surface area contributed by atoms with Crippen LogP contribution in [0.5, 0.6) is 0 Å². The van der Waals surface area contributed by atoms with E-state index in [0.29, 0.717) is 5.56 Å². The van der Waals surface area contributed by atoms with Crippen molar-refractivity contribution in [3.8, 4) is 11.3 Å². The molecule has 1 aromatic heterocycles. The van der Waals surface area contributed by atoms with Crippen LogP contribution in [0.1, 0.15) is 68.4 Å². The molecular formula is C26H31N3O4. The van der Waals surface area contributed by atoms with Crippen molar-refractivity contribution >= 4 is 23.9 Å². The van der Waals surface area contributed by atoms with Crippen molar-refractivity contribution in [3.63, 3.8) is 0 Å². The Kier molecular flexibility index (Phi) is 7.31. The van der Waals surface area contributed by atoms with E-state index < -0.39 is 23.5 Å². The summed E-state index contributed by atoms with van der Waals surface area (Å²) in [6.45, 7) is 7.66. The molecule has 2 heterocycles. The molecule has 0 saturated carbocycles. The summed E-state index contributed by atoms with van der Waals surface area (Å²) in [5, 5.41) is 0. The third-order valence-corrected chi connectivity index (χ3v) is 5.31. The highest BCUT2D eigenvalue weighted by atomic mass is 16.6. The lowest BCUT2D eigenvalue weighted by Gasteiger charge is -2.25. The lowest BCUT2D eigenvalue weighted by Crippen LogP contribution is -2.45. The molecule has 0 aliphatic carbocycles. The molecule has 0 fully saturated rings. The molecule has 174 valence electrons. The van der Waals surface area contributed by atoms with Gasteiger partial charge in [0.1, 0.15) is 11.6 Å². The number of carbonyl (C=O) groups is 3. The van der Waals surface area contributed by atoms with Gasteiger partial charge in [0.2, 0.25) is 5.91 Å². The molecule has 1 aliphatic heterocycles. The molecule has 1 atom stereocenters. The maximum Gasteiger partial charge on any atom is 0.306 e. The fraction of sp³-hybridized carbons (Fsp3) is 0.385. The zero-order valence-corrected chi connectivity index (χ0v) is 19.6. The molecule has 0 radical (unpaired) electrons.